The fourth-order valence-electron chi connectivity index (χ4n) is 1.55. The highest BCUT2D eigenvalue weighted by Crippen LogP contribution is 2.32. The third kappa shape index (κ3) is 2.31. The van der Waals surface area contributed by atoms with Crippen LogP contribution in [0.4, 0.5) is 10.5 Å². The van der Waals surface area contributed by atoms with Crippen LogP contribution in [0.15, 0.2) is 30.3 Å². The number of thioether (sulfide) groups is 1. The lowest BCUT2D eigenvalue weighted by Gasteiger charge is -2.13. The van der Waals surface area contributed by atoms with Gasteiger partial charge in [-0.1, -0.05) is 30.0 Å². The molecule has 1 aromatic rings. The van der Waals surface area contributed by atoms with Crippen LogP contribution in [0.25, 0.3) is 0 Å². The number of nitrogens with zero attached hydrogens (tertiary/aromatic N) is 1. The first-order valence-electron chi connectivity index (χ1n) is 4.89. The van der Waals surface area contributed by atoms with Gasteiger partial charge >= 0.3 is 0 Å². The smallest absolute Gasteiger partial charge is 0.293 e. The summed E-state index contributed by atoms with van der Waals surface area (Å²) in [7, 11) is 0. The van der Waals surface area contributed by atoms with Crippen molar-refractivity contribution in [3.8, 4) is 0 Å². The predicted octanol–water partition coefficient (Wildman–Crippen LogP) is 0.395. The summed E-state index contributed by atoms with van der Waals surface area (Å²) in [5, 5.41) is 9.11. The molecule has 0 bridgehead atoms. The maximum absolute atomic E-state index is 11.8. The third-order valence-corrected chi connectivity index (χ3v) is 3.32. The number of carbonyl (C=O) groups is 3. The van der Waals surface area contributed by atoms with Crippen molar-refractivity contribution in [1.29, 1.82) is 0 Å². The van der Waals surface area contributed by atoms with E-state index in [2.05, 4.69) is 0 Å². The van der Waals surface area contributed by atoms with Crippen LogP contribution >= 0.6 is 11.8 Å². The number of rotatable bonds is 3. The molecule has 2 rings (SSSR count). The molecule has 1 atom stereocenters. The van der Waals surface area contributed by atoms with E-state index in [1.54, 1.807) is 30.3 Å². The first kappa shape index (κ1) is 11.7. The second-order valence-corrected chi connectivity index (χ2v) is 4.61. The Kier molecular flexibility index (Phi) is 3.14. The Morgan fingerprint density at radius 3 is 2.53 bits per heavy atom. The quantitative estimate of drug-likeness (QED) is 0.775. The fraction of sp³-hybridized carbons (Fsp3) is 0.182. The van der Waals surface area contributed by atoms with Gasteiger partial charge < -0.3 is 9.90 Å². The van der Waals surface area contributed by atoms with Gasteiger partial charge in [0.1, 0.15) is 0 Å². The van der Waals surface area contributed by atoms with Gasteiger partial charge in [0.15, 0.2) is 0 Å². The predicted molar refractivity (Wildman–Crippen MR) is 60.3 cm³/mol. The molecule has 88 valence electrons. The summed E-state index contributed by atoms with van der Waals surface area (Å²) in [4.78, 5) is 34.9. The summed E-state index contributed by atoms with van der Waals surface area (Å²) in [5.74, 6) is -1.84. The lowest BCUT2D eigenvalue weighted by molar-refractivity contribution is -0.305. The van der Waals surface area contributed by atoms with Gasteiger partial charge in [-0.15, -0.1) is 0 Å². The van der Waals surface area contributed by atoms with E-state index in [1.165, 1.54) is 0 Å². The minimum absolute atomic E-state index is 0.446. The molecule has 0 N–H and O–H groups in total. The number of carboxylic acids is 1. The van der Waals surface area contributed by atoms with E-state index < -0.39 is 28.8 Å². The molecule has 0 radical (unpaired) electrons. The number of benzene rings is 1. The van der Waals surface area contributed by atoms with Gasteiger partial charge in [-0.3, -0.25) is 9.59 Å². The van der Waals surface area contributed by atoms with Crippen molar-refractivity contribution in [3.63, 3.8) is 0 Å². The molecule has 1 fully saturated rings. The molecule has 5 nitrogen and oxygen atoms in total. The van der Waals surface area contributed by atoms with Crippen LogP contribution in [0, 0.1) is 0 Å². The van der Waals surface area contributed by atoms with Gasteiger partial charge in [0.25, 0.3) is 5.24 Å². The molecule has 0 saturated carbocycles. The van der Waals surface area contributed by atoms with Crippen LogP contribution in [-0.2, 0) is 9.59 Å². The Balaban J connectivity index is 2.23. The summed E-state index contributed by atoms with van der Waals surface area (Å²) in [5.41, 5.74) is 0.454. The van der Waals surface area contributed by atoms with E-state index in [4.69, 9.17) is 0 Å². The Labute approximate surface area is 101 Å². The van der Waals surface area contributed by atoms with Crippen LogP contribution < -0.4 is 10.0 Å². The summed E-state index contributed by atoms with van der Waals surface area (Å²) in [6.45, 7) is 0. The van der Waals surface area contributed by atoms with Crippen molar-refractivity contribution < 1.29 is 19.5 Å². The molecule has 1 saturated heterocycles. The minimum Gasteiger partial charge on any atom is -0.550 e. The lowest BCUT2D eigenvalue weighted by Crippen LogP contribution is -2.34. The highest BCUT2D eigenvalue weighted by Gasteiger charge is 2.40. The van der Waals surface area contributed by atoms with Gasteiger partial charge in [0, 0.05) is 12.4 Å². The van der Waals surface area contributed by atoms with E-state index in [0.717, 1.165) is 16.7 Å². The Morgan fingerprint density at radius 2 is 1.94 bits per heavy atom. The monoisotopic (exact) mass is 250 g/mol. The SMILES string of the molecule is O=C([O-])C[C@H]1SC(=O)N(c2ccccc2)C1=O. The maximum Gasteiger partial charge on any atom is 0.293 e. The van der Waals surface area contributed by atoms with Crippen molar-refractivity contribution in [3.05, 3.63) is 30.3 Å². The molecule has 1 heterocycles. The number of aliphatic carboxylic acids is 1. The highest BCUT2D eigenvalue weighted by atomic mass is 32.2. The molecule has 17 heavy (non-hydrogen) atoms. The number of carbonyl (C=O) groups excluding carboxylic acids is 3. The number of amides is 2. The number of hydrogen-bond acceptors (Lipinski definition) is 5. The highest BCUT2D eigenvalue weighted by molar-refractivity contribution is 8.15. The van der Waals surface area contributed by atoms with Crippen molar-refractivity contribution in [2.75, 3.05) is 4.90 Å². The number of anilines is 1. The molecule has 1 aromatic carbocycles. The molecule has 1 aliphatic rings. The van der Waals surface area contributed by atoms with E-state index in [1.807, 2.05) is 0 Å². The summed E-state index contributed by atoms with van der Waals surface area (Å²) in [6, 6.07) is 8.41. The fourth-order valence-corrected chi connectivity index (χ4v) is 2.52. The molecular formula is C11H8NO4S-. The average molecular weight is 250 g/mol. The molecule has 6 heteroatoms. The van der Waals surface area contributed by atoms with Gasteiger partial charge in [0.2, 0.25) is 5.91 Å². The van der Waals surface area contributed by atoms with Crippen LogP contribution in [0.2, 0.25) is 0 Å². The lowest BCUT2D eigenvalue weighted by atomic mass is 10.2. The zero-order valence-electron chi connectivity index (χ0n) is 8.66. The maximum atomic E-state index is 11.8. The molecular weight excluding hydrogens is 242 g/mol. The molecule has 0 spiro atoms. The zero-order chi connectivity index (χ0) is 12.4. The van der Waals surface area contributed by atoms with Crippen LogP contribution in [0.3, 0.4) is 0 Å². The normalized spacial score (nSPS) is 19.8. The first-order valence-corrected chi connectivity index (χ1v) is 5.77. The van der Waals surface area contributed by atoms with Crippen LogP contribution in [0.5, 0.6) is 0 Å². The summed E-state index contributed by atoms with van der Waals surface area (Å²) < 4.78 is 0. The van der Waals surface area contributed by atoms with E-state index in [-0.39, 0.29) is 0 Å². The van der Waals surface area contributed by atoms with Crippen molar-refractivity contribution >= 4 is 34.6 Å². The van der Waals surface area contributed by atoms with Gasteiger partial charge in [-0.25, -0.2) is 4.90 Å². The number of hydrogen-bond donors (Lipinski definition) is 0. The minimum atomic E-state index is -1.33. The van der Waals surface area contributed by atoms with Crippen molar-refractivity contribution in [1.82, 2.24) is 0 Å². The summed E-state index contributed by atoms with van der Waals surface area (Å²) >= 11 is 0.722. The van der Waals surface area contributed by atoms with E-state index >= 15 is 0 Å². The number of carboxylic acid groups (broad SMARTS) is 1. The van der Waals surface area contributed by atoms with Crippen LogP contribution in [0.1, 0.15) is 6.42 Å². The molecule has 0 aromatic heterocycles. The average Bonchev–Trinajstić information content (AvgIpc) is 2.54. The van der Waals surface area contributed by atoms with Crippen molar-refractivity contribution in [2.45, 2.75) is 11.7 Å². The van der Waals surface area contributed by atoms with Gasteiger partial charge in [0.05, 0.1) is 10.9 Å². The van der Waals surface area contributed by atoms with Crippen molar-refractivity contribution in [2.24, 2.45) is 0 Å². The molecule has 2 amide bonds. The van der Waals surface area contributed by atoms with Crippen LogP contribution in [-0.4, -0.2) is 22.4 Å². The Morgan fingerprint density at radius 1 is 1.29 bits per heavy atom. The topological polar surface area (TPSA) is 77.5 Å². The molecule has 0 aliphatic carbocycles. The molecule has 0 unspecified atom stereocenters. The Hall–Kier alpha value is -1.82. The number of para-hydroxylation sites is 1. The first-order chi connectivity index (χ1) is 8.09. The molecule has 1 aliphatic heterocycles. The van der Waals surface area contributed by atoms with E-state index in [0.29, 0.717) is 5.69 Å². The van der Waals surface area contributed by atoms with Gasteiger partial charge in [-0.2, -0.15) is 0 Å². The van der Waals surface area contributed by atoms with E-state index in [9.17, 15) is 19.5 Å². The Bertz CT molecular complexity index is 474. The standard InChI is InChI=1S/C11H9NO4S/c13-9(14)6-8-10(15)12(11(16)17-8)7-4-2-1-3-5-7/h1-5,8H,6H2,(H,13,14)/p-1/t8-/m1/s1. The van der Waals surface area contributed by atoms with Gasteiger partial charge in [-0.05, 0) is 12.1 Å². The zero-order valence-corrected chi connectivity index (χ0v) is 9.48. The number of imide groups is 1. The second-order valence-electron chi connectivity index (χ2n) is 3.46. The third-order valence-electron chi connectivity index (χ3n) is 2.29. The largest absolute Gasteiger partial charge is 0.550 e. The summed E-state index contributed by atoms with van der Waals surface area (Å²) in [6.07, 6.45) is -0.446. The second kappa shape index (κ2) is 4.58.